The summed E-state index contributed by atoms with van der Waals surface area (Å²) in [5.74, 6) is 0.979. The Labute approximate surface area is 110 Å². The summed E-state index contributed by atoms with van der Waals surface area (Å²) < 4.78 is 5.25. The van der Waals surface area contributed by atoms with E-state index in [2.05, 4.69) is 10.1 Å². The van der Waals surface area contributed by atoms with Gasteiger partial charge in [-0.05, 0) is 5.56 Å². The maximum absolute atomic E-state index is 6.11. The van der Waals surface area contributed by atoms with E-state index in [1.54, 1.807) is 0 Å². The fourth-order valence-corrected chi connectivity index (χ4v) is 1.87. The quantitative estimate of drug-likeness (QED) is 0.777. The first kappa shape index (κ1) is 11.6. The molecule has 3 aromatic rings. The molecule has 0 amide bonds. The van der Waals surface area contributed by atoms with Crippen molar-refractivity contribution in [2.24, 2.45) is 5.73 Å². The van der Waals surface area contributed by atoms with Gasteiger partial charge in [-0.1, -0.05) is 65.8 Å². The molecular formula is C15H13N3O. The van der Waals surface area contributed by atoms with Crippen LogP contribution in [0.4, 0.5) is 0 Å². The van der Waals surface area contributed by atoms with Gasteiger partial charge in [-0.15, -0.1) is 0 Å². The van der Waals surface area contributed by atoms with E-state index in [9.17, 15) is 0 Å². The number of hydrogen-bond acceptors (Lipinski definition) is 4. The Bertz CT molecular complexity index is 649. The van der Waals surface area contributed by atoms with Crippen LogP contribution in [-0.4, -0.2) is 10.1 Å². The van der Waals surface area contributed by atoms with Gasteiger partial charge in [0, 0.05) is 5.56 Å². The molecule has 0 unspecified atom stereocenters. The van der Waals surface area contributed by atoms with Crippen LogP contribution in [0.25, 0.3) is 11.4 Å². The Hall–Kier alpha value is -2.46. The number of hydrogen-bond donors (Lipinski definition) is 1. The molecule has 0 aliphatic rings. The van der Waals surface area contributed by atoms with Gasteiger partial charge in [-0.25, -0.2) is 0 Å². The summed E-state index contributed by atoms with van der Waals surface area (Å²) in [4.78, 5) is 4.35. The Balaban J connectivity index is 1.90. The van der Waals surface area contributed by atoms with E-state index in [1.807, 2.05) is 60.7 Å². The fourth-order valence-electron chi connectivity index (χ4n) is 1.87. The molecule has 1 aromatic heterocycles. The zero-order chi connectivity index (χ0) is 13.1. The second-order valence-electron chi connectivity index (χ2n) is 4.21. The van der Waals surface area contributed by atoms with E-state index < -0.39 is 6.04 Å². The Morgan fingerprint density at radius 2 is 1.53 bits per heavy atom. The molecule has 2 aromatic carbocycles. The van der Waals surface area contributed by atoms with Crippen molar-refractivity contribution < 1.29 is 4.52 Å². The number of nitrogens with zero attached hydrogens (tertiary/aromatic N) is 2. The van der Waals surface area contributed by atoms with Crippen molar-refractivity contribution in [3.63, 3.8) is 0 Å². The first-order valence-corrected chi connectivity index (χ1v) is 6.04. The molecule has 94 valence electrons. The van der Waals surface area contributed by atoms with Crippen molar-refractivity contribution in [3.8, 4) is 11.4 Å². The van der Waals surface area contributed by atoms with Gasteiger partial charge < -0.3 is 10.3 Å². The highest BCUT2D eigenvalue weighted by Crippen LogP contribution is 2.21. The zero-order valence-electron chi connectivity index (χ0n) is 10.2. The highest BCUT2D eigenvalue weighted by Gasteiger charge is 2.16. The third-order valence-electron chi connectivity index (χ3n) is 2.90. The van der Waals surface area contributed by atoms with Crippen LogP contribution in [0.15, 0.2) is 65.2 Å². The molecule has 4 heteroatoms. The first-order valence-electron chi connectivity index (χ1n) is 6.04. The minimum Gasteiger partial charge on any atom is -0.337 e. The van der Waals surface area contributed by atoms with E-state index in [0.717, 1.165) is 11.1 Å². The van der Waals surface area contributed by atoms with Crippen molar-refractivity contribution in [2.45, 2.75) is 6.04 Å². The monoisotopic (exact) mass is 251 g/mol. The summed E-state index contributed by atoms with van der Waals surface area (Å²) in [6, 6.07) is 19.0. The Morgan fingerprint density at radius 3 is 2.21 bits per heavy atom. The molecule has 1 atom stereocenters. The minimum absolute atomic E-state index is 0.397. The number of aromatic nitrogens is 2. The van der Waals surface area contributed by atoms with Crippen LogP contribution in [-0.2, 0) is 0 Å². The summed E-state index contributed by atoms with van der Waals surface area (Å²) in [7, 11) is 0. The maximum atomic E-state index is 6.11. The molecule has 2 N–H and O–H groups in total. The van der Waals surface area contributed by atoms with Gasteiger partial charge >= 0.3 is 0 Å². The van der Waals surface area contributed by atoms with Crippen molar-refractivity contribution in [3.05, 3.63) is 72.1 Å². The first-order chi connectivity index (χ1) is 9.34. The molecule has 0 spiro atoms. The minimum atomic E-state index is -0.397. The average Bonchev–Trinajstić information content (AvgIpc) is 2.98. The van der Waals surface area contributed by atoms with Crippen LogP contribution >= 0.6 is 0 Å². The summed E-state index contributed by atoms with van der Waals surface area (Å²) in [5, 5.41) is 3.97. The molecule has 0 aliphatic heterocycles. The van der Waals surface area contributed by atoms with Crippen LogP contribution in [0.1, 0.15) is 17.5 Å². The summed E-state index contributed by atoms with van der Waals surface area (Å²) >= 11 is 0. The number of rotatable bonds is 3. The molecule has 0 aliphatic carbocycles. The second-order valence-corrected chi connectivity index (χ2v) is 4.21. The van der Waals surface area contributed by atoms with Gasteiger partial charge in [0.1, 0.15) is 6.04 Å². The lowest BCUT2D eigenvalue weighted by atomic mass is 10.1. The van der Waals surface area contributed by atoms with Crippen LogP contribution in [0, 0.1) is 0 Å². The second kappa shape index (κ2) is 5.04. The molecule has 0 fully saturated rings. The van der Waals surface area contributed by atoms with Gasteiger partial charge in [-0.2, -0.15) is 4.98 Å². The fraction of sp³-hybridized carbons (Fsp3) is 0.0667. The zero-order valence-corrected chi connectivity index (χ0v) is 10.2. The largest absolute Gasteiger partial charge is 0.337 e. The van der Waals surface area contributed by atoms with Crippen molar-refractivity contribution in [2.75, 3.05) is 0 Å². The average molecular weight is 251 g/mol. The maximum Gasteiger partial charge on any atom is 0.248 e. The van der Waals surface area contributed by atoms with E-state index in [-0.39, 0.29) is 0 Å². The van der Waals surface area contributed by atoms with Crippen LogP contribution in [0.5, 0.6) is 0 Å². The highest BCUT2D eigenvalue weighted by atomic mass is 16.5. The van der Waals surface area contributed by atoms with Gasteiger partial charge in [0.05, 0.1) is 0 Å². The molecule has 0 radical (unpaired) electrons. The van der Waals surface area contributed by atoms with Crippen molar-refractivity contribution >= 4 is 0 Å². The molecular weight excluding hydrogens is 238 g/mol. The third-order valence-corrected chi connectivity index (χ3v) is 2.90. The van der Waals surface area contributed by atoms with Crippen LogP contribution in [0.2, 0.25) is 0 Å². The molecule has 19 heavy (non-hydrogen) atoms. The Kier molecular flexibility index (Phi) is 3.08. The van der Waals surface area contributed by atoms with E-state index in [0.29, 0.717) is 11.7 Å². The summed E-state index contributed by atoms with van der Waals surface area (Å²) in [6.45, 7) is 0. The van der Waals surface area contributed by atoms with Gasteiger partial charge in [-0.3, -0.25) is 0 Å². The predicted molar refractivity (Wildman–Crippen MR) is 72.2 cm³/mol. The molecule has 1 heterocycles. The number of nitrogens with two attached hydrogens (primary N) is 1. The Morgan fingerprint density at radius 1 is 0.895 bits per heavy atom. The summed E-state index contributed by atoms with van der Waals surface area (Å²) in [6.07, 6.45) is 0. The highest BCUT2D eigenvalue weighted by molar-refractivity contribution is 5.53. The third kappa shape index (κ3) is 2.39. The van der Waals surface area contributed by atoms with Gasteiger partial charge in [0.15, 0.2) is 0 Å². The van der Waals surface area contributed by atoms with Crippen molar-refractivity contribution in [1.82, 2.24) is 10.1 Å². The number of benzene rings is 2. The summed E-state index contributed by atoms with van der Waals surface area (Å²) in [5.41, 5.74) is 7.98. The smallest absolute Gasteiger partial charge is 0.248 e. The lowest BCUT2D eigenvalue weighted by Gasteiger charge is -2.05. The van der Waals surface area contributed by atoms with Crippen LogP contribution < -0.4 is 5.73 Å². The van der Waals surface area contributed by atoms with Crippen molar-refractivity contribution in [1.29, 1.82) is 0 Å². The molecule has 0 saturated heterocycles. The van der Waals surface area contributed by atoms with Crippen LogP contribution in [0.3, 0.4) is 0 Å². The SMILES string of the molecule is N[C@@H](c1ccccc1)c1nc(-c2ccccc2)no1. The lowest BCUT2D eigenvalue weighted by Crippen LogP contribution is -2.11. The van der Waals surface area contributed by atoms with E-state index >= 15 is 0 Å². The molecule has 0 saturated carbocycles. The van der Waals surface area contributed by atoms with Gasteiger partial charge in [0.25, 0.3) is 0 Å². The van der Waals surface area contributed by atoms with E-state index in [4.69, 9.17) is 10.3 Å². The molecule has 4 nitrogen and oxygen atoms in total. The molecule has 3 rings (SSSR count). The topological polar surface area (TPSA) is 64.9 Å². The van der Waals surface area contributed by atoms with E-state index in [1.165, 1.54) is 0 Å². The predicted octanol–water partition coefficient (Wildman–Crippen LogP) is 2.78. The standard InChI is InChI=1S/C15H13N3O/c16-13(11-7-3-1-4-8-11)15-17-14(18-19-15)12-9-5-2-6-10-12/h1-10,13H,16H2/t13-/m0/s1. The lowest BCUT2D eigenvalue weighted by molar-refractivity contribution is 0.367. The normalized spacial score (nSPS) is 12.3. The van der Waals surface area contributed by atoms with Gasteiger partial charge in [0.2, 0.25) is 11.7 Å². The molecule has 0 bridgehead atoms.